The Morgan fingerprint density at radius 2 is 2.03 bits per heavy atom. The van der Waals surface area contributed by atoms with Crippen molar-refractivity contribution in [3.05, 3.63) is 22.4 Å². The fraction of sp³-hybridized carbons (Fsp3) is 0.739. The fourth-order valence-corrected chi connectivity index (χ4v) is 5.91. The molecule has 3 heterocycles. The smallest absolute Gasteiger partial charge is 0.225 e. The first kappa shape index (κ1) is 22.6. The summed E-state index contributed by atoms with van der Waals surface area (Å²) in [5.74, 6) is 1.45. The summed E-state index contributed by atoms with van der Waals surface area (Å²) >= 11 is 1.81. The lowest BCUT2D eigenvalue weighted by molar-refractivity contribution is -0.135. The second kappa shape index (κ2) is 11.3. The average Bonchev–Trinajstić information content (AvgIpc) is 3.52. The highest BCUT2D eigenvalue weighted by atomic mass is 32.1. The number of morpholine rings is 1. The number of ether oxygens (including phenoxy) is 1. The van der Waals surface area contributed by atoms with Crippen LogP contribution in [0.5, 0.6) is 0 Å². The van der Waals surface area contributed by atoms with Gasteiger partial charge in [0.05, 0.1) is 19.3 Å². The summed E-state index contributed by atoms with van der Waals surface area (Å²) in [5, 5.41) is 9.26. The molecule has 0 spiro atoms. The largest absolute Gasteiger partial charge is 0.379 e. The van der Waals surface area contributed by atoms with Crippen molar-refractivity contribution in [2.45, 2.75) is 50.6 Å². The van der Waals surface area contributed by atoms with Gasteiger partial charge in [-0.2, -0.15) is 0 Å². The average molecular weight is 448 g/mol. The monoisotopic (exact) mass is 447 g/mol. The highest BCUT2D eigenvalue weighted by molar-refractivity contribution is 7.10. The Hall–Kier alpha value is -1.64. The van der Waals surface area contributed by atoms with Crippen LogP contribution in [-0.2, 0) is 9.53 Å². The molecule has 1 amide bonds. The number of thiophene rings is 1. The van der Waals surface area contributed by atoms with Gasteiger partial charge < -0.3 is 20.3 Å². The predicted octanol–water partition coefficient (Wildman–Crippen LogP) is 2.47. The predicted molar refractivity (Wildman–Crippen MR) is 126 cm³/mol. The fourth-order valence-electron chi connectivity index (χ4n) is 5.05. The molecule has 2 N–H and O–H groups in total. The second-order valence-electron chi connectivity index (χ2n) is 8.88. The number of aliphatic imine (C=N–C) groups is 1. The minimum Gasteiger partial charge on any atom is -0.379 e. The number of likely N-dealkylation sites (tertiary alicyclic amines) is 1. The van der Waals surface area contributed by atoms with Crippen LogP contribution in [0.3, 0.4) is 0 Å². The van der Waals surface area contributed by atoms with E-state index in [1.807, 2.05) is 7.05 Å². The summed E-state index contributed by atoms with van der Waals surface area (Å²) in [7, 11) is 1.82. The van der Waals surface area contributed by atoms with Crippen LogP contribution < -0.4 is 10.6 Å². The standard InChI is InChI=1S/C23H37N5O2S/c1-24-23(25-16-20(21-8-5-15-31-21)27-11-13-30-14-12-27)26-19-9-10-28(17-19)22(29)18-6-3-2-4-7-18/h5,8,15,18-20H,2-4,6-7,9-14,16-17H2,1H3,(H2,24,25,26). The molecule has 1 aromatic rings. The number of hydrogen-bond acceptors (Lipinski definition) is 5. The molecule has 3 fully saturated rings. The van der Waals surface area contributed by atoms with Gasteiger partial charge in [0.2, 0.25) is 5.91 Å². The highest BCUT2D eigenvalue weighted by Crippen LogP contribution is 2.27. The van der Waals surface area contributed by atoms with Gasteiger partial charge in [0.25, 0.3) is 0 Å². The number of carbonyl (C=O) groups is 1. The zero-order chi connectivity index (χ0) is 21.5. The number of nitrogens with one attached hydrogen (secondary N) is 2. The SMILES string of the molecule is CN=C(NCC(c1cccs1)N1CCOCC1)NC1CCN(C(=O)C2CCCCC2)C1. The summed E-state index contributed by atoms with van der Waals surface area (Å²) in [6, 6.07) is 4.92. The van der Waals surface area contributed by atoms with Crippen molar-refractivity contribution in [1.82, 2.24) is 20.4 Å². The second-order valence-corrected chi connectivity index (χ2v) is 9.86. The first-order valence-electron chi connectivity index (χ1n) is 11.9. The minimum absolute atomic E-state index is 0.255. The zero-order valence-corrected chi connectivity index (χ0v) is 19.5. The van der Waals surface area contributed by atoms with E-state index >= 15 is 0 Å². The number of rotatable bonds is 6. The van der Waals surface area contributed by atoms with Gasteiger partial charge in [-0.05, 0) is 30.7 Å². The van der Waals surface area contributed by atoms with E-state index < -0.39 is 0 Å². The molecule has 2 saturated heterocycles. The van der Waals surface area contributed by atoms with Gasteiger partial charge in [0.1, 0.15) is 0 Å². The first-order chi connectivity index (χ1) is 15.2. The number of hydrogen-bond donors (Lipinski definition) is 2. The van der Waals surface area contributed by atoms with Crippen molar-refractivity contribution < 1.29 is 9.53 Å². The van der Waals surface area contributed by atoms with Crippen LogP contribution in [0.15, 0.2) is 22.5 Å². The molecule has 1 aromatic heterocycles. The number of carbonyl (C=O) groups excluding carboxylic acids is 1. The Labute approximate surface area is 190 Å². The van der Waals surface area contributed by atoms with E-state index in [2.05, 4.69) is 42.9 Å². The third-order valence-electron chi connectivity index (χ3n) is 6.84. The van der Waals surface area contributed by atoms with Crippen LogP contribution in [0.4, 0.5) is 0 Å². The van der Waals surface area contributed by atoms with E-state index in [9.17, 15) is 4.79 Å². The van der Waals surface area contributed by atoms with Crippen LogP contribution in [-0.4, -0.2) is 80.7 Å². The van der Waals surface area contributed by atoms with Gasteiger partial charge >= 0.3 is 0 Å². The first-order valence-corrected chi connectivity index (χ1v) is 12.7. The van der Waals surface area contributed by atoms with Crippen LogP contribution in [0.1, 0.15) is 49.4 Å². The molecule has 0 bridgehead atoms. The summed E-state index contributed by atoms with van der Waals surface area (Å²) in [4.78, 5) is 23.3. The van der Waals surface area contributed by atoms with Gasteiger partial charge in [0, 0.05) is 56.6 Å². The summed E-state index contributed by atoms with van der Waals surface area (Å²) in [5.41, 5.74) is 0. The van der Waals surface area contributed by atoms with Crippen LogP contribution in [0.2, 0.25) is 0 Å². The molecule has 0 aromatic carbocycles. The maximum atomic E-state index is 12.9. The third-order valence-corrected chi connectivity index (χ3v) is 7.81. The molecule has 1 aliphatic carbocycles. The minimum atomic E-state index is 0.255. The maximum absolute atomic E-state index is 12.9. The topological polar surface area (TPSA) is 69.2 Å². The van der Waals surface area contributed by atoms with Crippen LogP contribution in [0, 0.1) is 5.92 Å². The van der Waals surface area contributed by atoms with E-state index in [4.69, 9.17) is 4.74 Å². The van der Waals surface area contributed by atoms with E-state index in [-0.39, 0.29) is 12.0 Å². The van der Waals surface area contributed by atoms with Crippen molar-refractivity contribution in [2.24, 2.45) is 10.9 Å². The Morgan fingerprint density at radius 3 is 2.74 bits per heavy atom. The molecule has 0 radical (unpaired) electrons. The van der Waals surface area contributed by atoms with Gasteiger partial charge in [-0.1, -0.05) is 25.3 Å². The lowest BCUT2D eigenvalue weighted by atomic mass is 9.88. The number of nitrogens with zero attached hydrogens (tertiary/aromatic N) is 3. The molecule has 2 aliphatic heterocycles. The normalized spacial score (nSPS) is 24.9. The molecule has 4 rings (SSSR count). The quantitative estimate of drug-likeness (QED) is 0.518. The van der Waals surface area contributed by atoms with Crippen molar-refractivity contribution in [1.29, 1.82) is 0 Å². The van der Waals surface area contributed by atoms with Gasteiger partial charge in [-0.3, -0.25) is 14.7 Å². The zero-order valence-electron chi connectivity index (χ0n) is 18.7. The van der Waals surface area contributed by atoms with Crippen molar-refractivity contribution in [3.63, 3.8) is 0 Å². The van der Waals surface area contributed by atoms with Gasteiger partial charge in [0.15, 0.2) is 5.96 Å². The molecular formula is C23H37N5O2S. The Kier molecular flexibility index (Phi) is 8.21. The molecule has 2 unspecified atom stereocenters. The van der Waals surface area contributed by atoms with Crippen LogP contribution >= 0.6 is 11.3 Å². The number of guanidine groups is 1. The van der Waals surface area contributed by atoms with Crippen molar-refractivity contribution >= 4 is 23.2 Å². The van der Waals surface area contributed by atoms with Gasteiger partial charge in [-0.15, -0.1) is 11.3 Å². The molecule has 7 nitrogen and oxygen atoms in total. The molecule has 2 atom stereocenters. The summed E-state index contributed by atoms with van der Waals surface area (Å²) in [6.07, 6.45) is 6.82. The van der Waals surface area contributed by atoms with Crippen molar-refractivity contribution in [2.75, 3.05) is 53.0 Å². The lowest BCUT2D eigenvalue weighted by Crippen LogP contribution is -2.49. The molecule has 31 heavy (non-hydrogen) atoms. The number of amides is 1. The molecule has 1 saturated carbocycles. The molecular weight excluding hydrogens is 410 g/mol. The Balaban J connectivity index is 1.28. The van der Waals surface area contributed by atoms with Crippen molar-refractivity contribution in [3.8, 4) is 0 Å². The Morgan fingerprint density at radius 1 is 1.23 bits per heavy atom. The third kappa shape index (κ3) is 5.99. The summed E-state index contributed by atoms with van der Waals surface area (Å²) in [6.45, 7) is 5.94. The van der Waals surface area contributed by atoms with Crippen LogP contribution in [0.25, 0.3) is 0 Å². The molecule has 172 valence electrons. The van der Waals surface area contributed by atoms with E-state index in [1.165, 1.54) is 24.1 Å². The summed E-state index contributed by atoms with van der Waals surface area (Å²) < 4.78 is 5.55. The molecule has 8 heteroatoms. The van der Waals surface area contributed by atoms with E-state index in [0.717, 1.165) is 71.2 Å². The lowest BCUT2D eigenvalue weighted by Gasteiger charge is -2.34. The van der Waals surface area contributed by atoms with E-state index in [0.29, 0.717) is 11.9 Å². The Bertz CT molecular complexity index is 714. The van der Waals surface area contributed by atoms with E-state index in [1.54, 1.807) is 11.3 Å². The molecule has 3 aliphatic rings. The maximum Gasteiger partial charge on any atom is 0.225 e. The highest BCUT2D eigenvalue weighted by Gasteiger charge is 2.32. The van der Waals surface area contributed by atoms with Gasteiger partial charge in [-0.25, -0.2) is 0 Å².